The van der Waals surface area contributed by atoms with E-state index in [0.29, 0.717) is 11.7 Å². The minimum Gasteiger partial charge on any atom is -0.508 e. The van der Waals surface area contributed by atoms with Crippen LogP contribution in [0.3, 0.4) is 0 Å². The minimum atomic E-state index is 0.285. The van der Waals surface area contributed by atoms with Crippen molar-refractivity contribution in [3.8, 4) is 11.5 Å². The van der Waals surface area contributed by atoms with Crippen molar-refractivity contribution in [1.82, 2.24) is 0 Å². The average molecular weight is 428 g/mol. The molecule has 0 aromatic heterocycles. The molecule has 2 N–H and O–H groups in total. The normalized spacial score (nSPS) is 15.0. The third-order valence-corrected chi connectivity index (χ3v) is 5.05. The smallest absolute Gasteiger partial charge is 0.129 e. The lowest BCUT2D eigenvalue weighted by atomic mass is 9.84. The summed E-state index contributed by atoms with van der Waals surface area (Å²) in [5.74, 6) is 1.31. The molecule has 2 aromatic carbocycles. The number of phenols is 2. The molecule has 1 fully saturated rings. The molecule has 0 radical (unpaired) electrons. The van der Waals surface area contributed by atoms with Crippen LogP contribution < -0.4 is 0 Å². The predicted molar refractivity (Wildman–Crippen MR) is 97.4 cm³/mol. The third kappa shape index (κ3) is 5.03. The van der Waals surface area contributed by atoms with Crippen LogP contribution in [0.15, 0.2) is 51.4 Å². The molecule has 2 nitrogen and oxygen atoms in total. The number of hydrogen-bond donors (Lipinski definition) is 2. The number of hydrogen-bond acceptors (Lipinski definition) is 2. The van der Waals surface area contributed by atoms with Crippen LogP contribution in [0.2, 0.25) is 0 Å². The summed E-state index contributed by atoms with van der Waals surface area (Å²) in [4.78, 5) is 0. The Morgan fingerprint density at radius 2 is 1.50 bits per heavy atom. The maximum atomic E-state index is 9.77. The molecule has 0 spiro atoms. The molecule has 4 heteroatoms. The molecule has 0 aliphatic heterocycles. The van der Waals surface area contributed by atoms with Crippen molar-refractivity contribution in [2.75, 3.05) is 0 Å². The minimum absolute atomic E-state index is 0.285. The SMILES string of the molecule is Oc1ccc(Br)cc1C1CCCCC1.Oc1ccccc1Br. The molecular weight excluding hydrogens is 408 g/mol. The van der Waals surface area contributed by atoms with E-state index in [1.165, 1.54) is 32.1 Å². The maximum absolute atomic E-state index is 9.77. The van der Waals surface area contributed by atoms with Crippen LogP contribution in [-0.4, -0.2) is 10.2 Å². The summed E-state index contributed by atoms with van der Waals surface area (Å²) < 4.78 is 1.80. The van der Waals surface area contributed by atoms with Crippen LogP contribution in [0, 0.1) is 0 Å². The highest BCUT2D eigenvalue weighted by molar-refractivity contribution is 9.10. The quantitative estimate of drug-likeness (QED) is 0.555. The van der Waals surface area contributed by atoms with Crippen LogP contribution in [0.25, 0.3) is 0 Å². The lowest BCUT2D eigenvalue weighted by Crippen LogP contribution is -2.04. The number of phenolic OH excluding ortho intramolecular Hbond substituents is 2. The van der Waals surface area contributed by atoms with Crippen molar-refractivity contribution in [1.29, 1.82) is 0 Å². The van der Waals surface area contributed by atoms with Crippen LogP contribution >= 0.6 is 31.9 Å². The predicted octanol–water partition coefficient (Wildman–Crippen LogP) is 6.36. The van der Waals surface area contributed by atoms with Gasteiger partial charge in [0.1, 0.15) is 11.5 Å². The molecule has 3 rings (SSSR count). The summed E-state index contributed by atoms with van der Waals surface area (Å²) in [6.07, 6.45) is 6.41. The number of para-hydroxylation sites is 1. The second-order valence-electron chi connectivity index (χ2n) is 5.49. The van der Waals surface area contributed by atoms with Crippen molar-refractivity contribution in [2.24, 2.45) is 0 Å². The fourth-order valence-electron chi connectivity index (χ4n) is 2.72. The zero-order chi connectivity index (χ0) is 15.9. The van der Waals surface area contributed by atoms with E-state index in [-0.39, 0.29) is 5.75 Å². The van der Waals surface area contributed by atoms with Crippen molar-refractivity contribution >= 4 is 31.9 Å². The largest absolute Gasteiger partial charge is 0.508 e. The Morgan fingerprint density at radius 1 is 0.818 bits per heavy atom. The molecule has 2 aromatic rings. The summed E-state index contributed by atoms with van der Waals surface area (Å²) in [5.41, 5.74) is 1.12. The Morgan fingerprint density at radius 3 is 2.09 bits per heavy atom. The molecular formula is C18H20Br2O2. The van der Waals surface area contributed by atoms with Gasteiger partial charge in [0.15, 0.2) is 0 Å². The van der Waals surface area contributed by atoms with E-state index in [4.69, 9.17) is 5.11 Å². The number of halogens is 2. The van der Waals surface area contributed by atoms with E-state index >= 15 is 0 Å². The summed E-state index contributed by atoms with van der Waals surface area (Å²) in [5, 5.41) is 18.6. The Labute approximate surface area is 148 Å². The molecule has 22 heavy (non-hydrogen) atoms. The van der Waals surface area contributed by atoms with Gasteiger partial charge in [-0.15, -0.1) is 0 Å². The molecule has 1 saturated carbocycles. The maximum Gasteiger partial charge on any atom is 0.129 e. The standard InChI is InChI=1S/C12H15BrO.C6H5BrO/c13-10-6-7-12(14)11(8-10)9-4-2-1-3-5-9;7-5-3-1-2-4-6(5)8/h6-9,14H,1-5H2;1-4,8H. The van der Waals surface area contributed by atoms with Crippen LogP contribution in [-0.2, 0) is 0 Å². The monoisotopic (exact) mass is 426 g/mol. The van der Waals surface area contributed by atoms with Crippen molar-refractivity contribution in [3.63, 3.8) is 0 Å². The molecule has 0 amide bonds. The second kappa shape index (κ2) is 8.59. The van der Waals surface area contributed by atoms with Crippen LogP contribution in [0.4, 0.5) is 0 Å². The molecule has 0 saturated heterocycles. The molecule has 0 bridgehead atoms. The first-order valence-corrected chi connectivity index (χ1v) is 9.08. The first-order chi connectivity index (χ1) is 10.6. The first-order valence-electron chi connectivity index (χ1n) is 7.50. The first kappa shape index (κ1) is 17.4. The van der Waals surface area contributed by atoms with E-state index in [1.807, 2.05) is 12.1 Å². The zero-order valence-electron chi connectivity index (χ0n) is 12.3. The molecule has 0 unspecified atom stereocenters. The van der Waals surface area contributed by atoms with Gasteiger partial charge in [0.25, 0.3) is 0 Å². The Balaban J connectivity index is 0.000000188. The lowest BCUT2D eigenvalue weighted by molar-refractivity contribution is 0.414. The van der Waals surface area contributed by atoms with Gasteiger partial charge in [0, 0.05) is 4.47 Å². The van der Waals surface area contributed by atoms with Gasteiger partial charge in [-0.05, 0) is 70.6 Å². The average Bonchev–Trinajstić information content (AvgIpc) is 2.54. The van der Waals surface area contributed by atoms with Crippen molar-refractivity contribution < 1.29 is 10.2 Å². The van der Waals surface area contributed by atoms with Gasteiger partial charge in [0.05, 0.1) is 4.47 Å². The van der Waals surface area contributed by atoms with Gasteiger partial charge in [-0.2, -0.15) is 0 Å². The summed E-state index contributed by atoms with van der Waals surface area (Å²) >= 11 is 6.60. The highest BCUT2D eigenvalue weighted by Crippen LogP contribution is 2.38. The lowest BCUT2D eigenvalue weighted by Gasteiger charge is -2.22. The number of aromatic hydroxyl groups is 2. The fourth-order valence-corrected chi connectivity index (χ4v) is 3.38. The highest BCUT2D eigenvalue weighted by atomic mass is 79.9. The van der Waals surface area contributed by atoms with Gasteiger partial charge < -0.3 is 10.2 Å². The van der Waals surface area contributed by atoms with Crippen molar-refractivity contribution in [2.45, 2.75) is 38.0 Å². The van der Waals surface area contributed by atoms with Crippen LogP contribution in [0.5, 0.6) is 11.5 Å². The van der Waals surface area contributed by atoms with Crippen molar-refractivity contribution in [3.05, 3.63) is 57.0 Å². The van der Waals surface area contributed by atoms with E-state index in [9.17, 15) is 5.11 Å². The molecule has 0 heterocycles. The summed E-state index contributed by atoms with van der Waals surface area (Å²) in [7, 11) is 0. The van der Waals surface area contributed by atoms with Crippen LogP contribution in [0.1, 0.15) is 43.6 Å². The van der Waals surface area contributed by atoms with Gasteiger partial charge in [0.2, 0.25) is 0 Å². The van der Waals surface area contributed by atoms with Gasteiger partial charge in [-0.1, -0.05) is 47.3 Å². The highest BCUT2D eigenvalue weighted by Gasteiger charge is 2.18. The Bertz CT molecular complexity index is 587. The molecule has 0 atom stereocenters. The van der Waals surface area contributed by atoms with Gasteiger partial charge in [-0.25, -0.2) is 0 Å². The number of benzene rings is 2. The second-order valence-corrected chi connectivity index (χ2v) is 7.26. The van der Waals surface area contributed by atoms with E-state index in [2.05, 4.69) is 37.9 Å². The Kier molecular flexibility index (Phi) is 6.77. The van der Waals surface area contributed by atoms with E-state index in [0.717, 1.165) is 14.5 Å². The van der Waals surface area contributed by atoms with Gasteiger partial charge in [-0.3, -0.25) is 0 Å². The summed E-state index contributed by atoms with van der Waals surface area (Å²) in [6.45, 7) is 0. The third-order valence-electron chi connectivity index (χ3n) is 3.89. The molecule has 1 aliphatic carbocycles. The Hall–Kier alpha value is -1.00. The van der Waals surface area contributed by atoms with Gasteiger partial charge >= 0.3 is 0 Å². The molecule has 118 valence electrons. The van der Waals surface area contributed by atoms with E-state index in [1.54, 1.807) is 24.3 Å². The summed E-state index contributed by atoms with van der Waals surface area (Å²) in [6, 6.07) is 12.8. The number of rotatable bonds is 1. The molecule has 1 aliphatic rings. The zero-order valence-corrected chi connectivity index (χ0v) is 15.5. The van der Waals surface area contributed by atoms with E-state index < -0.39 is 0 Å². The topological polar surface area (TPSA) is 40.5 Å². The fraction of sp³-hybridized carbons (Fsp3) is 0.333.